The Labute approximate surface area is 110 Å². The minimum atomic E-state index is -0.440. The minimum absolute atomic E-state index is 0.0595. The molecule has 0 aliphatic heterocycles. The fourth-order valence-electron chi connectivity index (χ4n) is 2.21. The highest BCUT2D eigenvalue weighted by Gasteiger charge is 2.22. The van der Waals surface area contributed by atoms with Gasteiger partial charge in [0.15, 0.2) is 12.4 Å². The molecule has 1 heterocycles. The van der Waals surface area contributed by atoms with E-state index in [1.165, 1.54) is 24.0 Å². The summed E-state index contributed by atoms with van der Waals surface area (Å²) in [4.78, 5) is 27.9. The summed E-state index contributed by atoms with van der Waals surface area (Å²) < 4.78 is 5.04. The van der Waals surface area contributed by atoms with E-state index in [4.69, 9.17) is 4.74 Å². The molecule has 0 N–H and O–H groups in total. The van der Waals surface area contributed by atoms with E-state index in [0.717, 1.165) is 30.7 Å². The number of Topliss-reactive ketones (excluding diaryl/α,β-unsaturated/α-hetero) is 1. The van der Waals surface area contributed by atoms with E-state index in [0.29, 0.717) is 4.88 Å². The highest BCUT2D eigenvalue weighted by atomic mass is 32.1. The lowest BCUT2D eigenvalue weighted by atomic mass is 9.86. The summed E-state index contributed by atoms with van der Waals surface area (Å²) in [5, 5.41) is 0.820. The van der Waals surface area contributed by atoms with Crippen molar-refractivity contribution in [3.63, 3.8) is 0 Å². The highest BCUT2D eigenvalue weighted by molar-refractivity contribution is 7.13. The second-order valence-electron chi connectivity index (χ2n) is 4.62. The number of hydrogen-bond acceptors (Lipinski definition) is 5. The third kappa shape index (κ3) is 3.38. The van der Waals surface area contributed by atoms with Crippen molar-refractivity contribution in [3.05, 3.63) is 16.1 Å². The van der Waals surface area contributed by atoms with Gasteiger partial charge in [-0.1, -0.05) is 19.3 Å². The molecule has 98 valence electrons. The number of carbonyl (C=O) groups excluding carboxylic acids is 2. The topological polar surface area (TPSA) is 56.3 Å². The number of aromatic nitrogens is 1. The average Bonchev–Trinajstić information content (AvgIpc) is 2.83. The maximum absolute atomic E-state index is 11.8. The molecule has 1 aromatic rings. The van der Waals surface area contributed by atoms with Crippen LogP contribution < -0.4 is 0 Å². The summed E-state index contributed by atoms with van der Waals surface area (Å²) >= 11 is 1.29. The first kappa shape index (κ1) is 13.2. The number of carbonyl (C=O) groups is 2. The molecular formula is C13H17NO3S. The van der Waals surface area contributed by atoms with Gasteiger partial charge in [0.25, 0.3) is 0 Å². The maximum Gasteiger partial charge on any atom is 0.350 e. The summed E-state index contributed by atoms with van der Waals surface area (Å²) in [5.41, 5.74) is 0. The summed E-state index contributed by atoms with van der Waals surface area (Å²) in [6.45, 7) is 1.73. The highest BCUT2D eigenvalue weighted by Crippen LogP contribution is 2.24. The first-order chi connectivity index (χ1) is 8.66. The molecule has 0 unspecified atom stereocenters. The molecule has 1 saturated carbocycles. The van der Waals surface area contributed by atoms with Gasteiger partial charge in [-0.2, -0.15) is 0 Å². The first-order valence-corrected chi connectivity index (χ1v) is 7.10. The van der Waals surface area contributed by atoms with Gasteiger partial charge in [0.1, 0.15) is 4.88 Å². The number of ether oxygens (including phenoxy) is 1. The van der Waals surface area contributed by atoms with Gasteiger partial charge < -0.3 is 4.74 Å². The molecule has 5 heteroatoms. The van der Waals surface area contributed by atoms with Gasteiger partial charge in [0, 0.05) is 5.92 Å². The van der Waals surface area contributed by atoms with Crippen molar-refractivity contribution >= 4 is 23.1 Å². The average molecular weight is 267 g/mol. The van der Waals surface area contributed by atoms with Crippen molar-refractivity contribution in [2.45, 2.75) is 39.0 Å². The normalized spacial score (nSPS) is 16.5. The van der Waals surface area contributed by atoms with E-state index in [1.54, 1.807) is 0 Å². The molecule has 2 rings (SSSR count). The Morgan fingerprint density at radius 1 is 1.39 bits per heavy atom. The van der Waals surface area contributed by atoms with Crippen LogP contribution in [0.3, 0.4) is 0 Å². The van der Waals surface area contributed by atoms with Crippen LogP contribution in [-0.4, -0.2) is 23.3 Å². The van der Waals surface area contributed by atoms with Crippen LogP contribution in [0.2, 0.25) is 0 Å². The zero-order valence-corrected chi connectivity index (χ0v) is 11.3. The maximum atomic E-state index is 11.8. The molecule has 1 fully saturated rings. The van der Waals surface area contributed by atoms with E-state index in [9.17, 15) is 9.59 Å². The summed E-state index contributed by atoms with van der Waals surface area (Å²) in [5.74, 6) is -0.288. The van der Waals surface area contributed by atoms with E-state index in [2.05, 4.69) is 4.98 Å². The van der Waals surface area contributed by atoms with Crippen LogP contribution in [0, 0.1) is 12.8 Å². The smallest absolute Gasteiger partial charge is 0.350 e. The molecule has 0 radical (unpaired) electrons. The second-order valence-corrected chi connectivity index (χ2v) is 5.86. The first-order valence-electron chi connectivity index (χ1n) is 6.29. The molecule has 1 aliphatic carbocycles. The van der Waals surface area contributed by atoms with Gasteiger partial charge in [-0.05, 0) is 19.8 Å². The molecule has 0 aromatic carbocycles. The SMILES string of the molecule is Cc1ncc(C(=O)OCC(=O)C2CCCCC2)s1. The van der Waals surface area contributed by atoms with Crippen LogP contribution in [-0.2, 0) is 9.53 Å². The van der Waals surface area contributed by atoms with Crippen molar-refractivity contribution in [3.8, 4) is 0 Å². The minimum Gasteiger partial charge on any atom is -0.453 e. The van der Waals surface area contributed by atoms with Crippen LogP contribution >= 0.6 is 11.3 Å². The fourth-order valence-corrected chi connectivity index (χ4v) is 2.88. The van der Waals surface area contributed by atoms with Gasteiger partial charge in [0.05, 0.1) is 11.2 Å². The Balaban J connectivity index is 1.80. The van der Waals surface area contributed by atoms with E-state index < -0.39 is 5.97 Å². The standard InChI is InChI=1S/C13H17NO3S/c1-9-14-7-12(18-9)13(16)17-8-11(15)10-5-3-2-4-6-10/h7,10H,2-6,8H2,1H3. The van der Waals surface area contributed by atoms with Crippen LogP contribution in [0.4, 0.5) is 0 Å². The number of nitrogens with zero attached hydrogens (tertiary/aromatic N) is 1. The Morgan fingerprint density at radius 2 is 2.11 bits per heavy atom. The molecule has 0 spiro atoms. The molecule has 18 heavy (non-hydrogen) atoms. The predicted molar refractivity (Wildman–Crippen MR) is 68.7 cm³/mol. The predicted octanol–water partition coefficient (Wildman–Crippen LogP) is 2.76. The molecule has 0 bridgehead atoms. The Hall–Kier alpha value is -1.23. The van der Waals surface area contributed by atoms with E-state index >= 15 is 0 Å². The summed E-state index contributed by atoms with van der Waals surface area (Å²) in [6.07, 6.45) is 6.81. The lowest BCUT2D eigenvalue weighted by Gasteiger charge is -2.19. The summed E-state index contributed by atoms with van der Waals surface area (Å²) in [6, 6.07) is 0. The zero-order chi connectivity index (χ0) is 13.0. The molecule has 4 nitrogen and oxygen atoms in total. The number of rotatable bonds is 4. The Bertz CT molecular complexity index is 435. The number of thiazole rings is 1. The molecule has 0 atom stereocenters. The van der Waals surface area contributed by atoms with Gasteiger partial charge in [-0.3, -0.25) is 4.79 Å². The van der Waals surface area contributed by atoms with Gasteiger partial charge >= 0.3 is 5.97 Å². The van der Waals surface area contributed by atoms with Crippen molar-refractivity contribution in [2.24, 2.45) is 5.92 Å². The third-order valence-electron chi connectivity index (χ3n) is 3.23. The van der Waals surface area contributed by atoms with E-state index in [-0.39, 0.29) is 18.3 Å². The van der Waals surface area contributed by atoms with Crippen molar-refractivity contribution in [1.29, 1.82) is 0 Å². The Morgan fingerprint density at radius 3 is 2.72 bits per heavy atom. The van der Waals surface area contributed by atoms with Gasteiger partial charge in [-0.25, -0.2) is 9.78 Å². The second kappa shape index (κ2) is 6.09. The molecule has 0 saturated heterocycles. The van der Waals surface area contributed by atoms with E-state index in [1.807, 2.05) is 6.92 Å². The number of esters is 1. The van der Waals surface area contributed by atoms with Crippen LogP contribution in [0.25, 0.3) is 0 Å². The van der Waals surface area contributed by atoms with Crippen molar-refractivity contribution in [1.82, 2.24) is 4.98 Å². The lowest BCUT2D eigenvalue weighted by molar-refractivity contribution is -0.126. The van der Waals surface area contributed by atoms with Crippen LogP contribution in [0.1, 0.15) is 46.8 Å². The van der Waals surface area contributed by atoms with Gasteiger partial charge in [0.2, 0.25) is 0 Å². The number of ketones is 1. The van der Waals surface area contributed by atoms with Crippen molar-refractivity contribution in [2.75, 3.05) is 6.61 Å². The monoisotopic (exact) mass is 267 g/mol. The molecule has 1 aliphatic rings. The van der Waals surface area contributed by atoms with Gasteiger partial charge in [-0.15, -0.1) is 11.3 Å². The fraction of sp³-hybridized carbons (Fsp3) is 0.615. The largest absolute Gasteiger partial charge is 0.453 e. The third-order valence-corrected chi connectivity index (χ3v) is 4.12. The number of hydrogen-bond donors (Lipinski definition) is 0. The zero-order valence-electron chi connectivity index (χ0n) is 10.5. The van der Waals surface area contributed by atoms with Crippen LogP contribution in [0.15, 0.2) is 6.20 Å². The summed E-state index contributed by atoms with van der Waals surface area (Å²) in [7, 11) is 0. The van der Waals surface area contributed by atoms with Crippen molar-refractivity contribution < 1.29 is 14.3 Å². The number of aryl methyl sites for hydroxylation is 1. The van der Waals surface area contributed by atoms with Crippen LogP contribution in [0.5, 0.6) is 0 Å². The molecule has 1 aromatic heterocycles. The quantitative estimate of drug-likeness (QED) is 0.787. The molecule has 0 amide bonds. The Kier molecular flexibility index (Phi) is 4.47. The molecular weight excluding hydrogens is 250 g/mol. The lowest BCUT2D eigenvalue weighted by Crippen LogP contribution is -2.23.